The lowest BCUT2D eigenvalue weighted by atomic mass is 9.99. The molecule has 0 spiro atoms. The van der Waals surface area contributed by atoms with Crippen molar-refractivity contribution in [3.63, 3.8) is 0 Å². The van der Waals surface area contributed by atoms with Crippen molar-refractivity contribution in [1.82, 2.24) is 5.32 Å². The van der Waals surface area contributed by atoms with E-state index in [2.05, 4.69) is 14.8 Å². The molecule has 0 aromatic heterocycles. The van der Waals surface area contributed by atoms with Crippen molar-refractivity contribution in [3.05, 3.63) is 0 Å². The highest BCUT2D eigenvalue weighted by Gasteiger charge is 2.26. The van der Waals surface area contributed by atoms with Gasteiger partial charge in [0.05, 0.1) is 7.11 Å². The van der Waals surface area contributed by atoms with Crippen LogP contribution < -0.4 is 5.32 Å². The first kappa shape index (κ1) is 11.0. The van der Waals surface area contributed by atoms with Crippen LogP contribution in [0.3, 0.4) is 0 Å². The first-order chi connectivity index (χ1) is 6.77. The molecule has 0 saturated carbocycles. The molecule has 1 heterocycles. The molecule has 0 aromatic rings. The average molecular weight is 201 g/mol. The van der Waals surface area contributed by atoms with Gasteiger partial charge in [0, 0.05) is 6.04 Å². The van der Waals surface area contributed by atoms with Crippen molar-refractivity contribution in [1.29, 1.82) is 0 Å². The molecule has 0 bridgehead atoms. The van der Waals surface area contributed by atoms with E-state index < -0.39 is 0 Å². The normalized spacial score (nSPS) is 26.6. The number of piperidine rings is 1. The lowest BCUT2D eigenvalue weighted by Gasteiger charge is -2.28. The second kappa shape index (κ2) is 5.59. The Morgan fingerprint density at radius 2 is 2.36 bits per heavy atom. The van der Waals surface area contributed by atoms with Crippen LogP contribution in [-0.4, -0.2) is 38.2 Å². The minimum absolute atomic E-state index is 0.0676. The van der Waals surface area contributed by atoms with Gasteiger partial charge < -0.3 is 9.47 Å². The highest BCUT2D eigenvalue weighted by Crippen LogP contribution is 2.13. The highest BCUT2D eigenvalue weighted by atomic mass is 16.5. The third-order valence-electron chi connectivity index (χ3n) is 2.33. The third-order valence-corrected chi connectivity index (χ3v) is 2.33. The summed E-state index contributed by atoms with van der Waals surface area (Å²) >= 11 is 0. The lowest BCUT2D eigenvalue weighted by molar-refractivity contribution is -0.144. The fourth-order valence-corrected chi connectivity index (χ4v) is 1.63. The van der Waals surface area contributed by atoms with E-state index in [1.807, 2.05) is 0 Å². The van der Waals surface area contributed by atoms with E-state index in [0.29, 0.717) is 13.1 Å². The fourth-order valence-electron chi connectivity index (χ4n) is 1.63. The van der Waals surface area contributed by atoms with Crippen LogP contribution in [0.2, 0.25) is 0 Å². The van der Waals surface area contributed by atoms with E-state index in [1.165, 1.54) is 7.11 Å². The molecule has 14 heavy (non-hydrogen) atoms. The maximum Gasteiger partial charge on any atom is 0.322 e. The number of esters is 1. The number of rotatable bonds is 4. The molecule has 0 aromatic carbocycles. The van der Waals surface area contributed by atoms with Gasteiger partial charge in [-0.3, -0.25) is 14.9 Å². The zero-order valence-electron chi connectivity index (χ0n) is 8.19. The molecule has 1 aliphatic heterocycles. The largest absolute Gasteiger partial charge is 0.468 e. The van der Waals surface area contributed by atoms with E-state index >= 15 is 0 Å². The maximum atomic E-state index is 11.2. The Kier molecular flexibility index (Phi) is 4.39. The predicted molar refractivity (Wildman–Crippen MR) is 48.6 cm³/mol. The molecule has 5 nitrogen and oxygen atoms in total. The molecule has 0 amide bonds. The third kappa shape index (κ3) is 2.99. The lowest BCUT2D eigenvalue weighted by Crippen LogP contribution is -2.49. The molecule has 1 saturated heterocycles. The van der Waals surface area contributed by atoms with E-state index in [-0.39, 0.29) is 18.1 Å². The van der Waals surface area contributed by atoms with Crippen LogP contribution in [0.15, 0.2) is 0 Å². The standard InChI is InChI=1S/C9H15NO4/c1-13-9(12)8-4-2-3-7(10-8)5-14-6-11/h6-8,10H,2-5H2,1H3/t7-,8+/m1/s1. The maximum absolute atomic E-state index is 11.2. The number of hydrogen-bond donors (Lipinski definition) is 1. The highest BCUT2D eigenvalue weighted by molar-refractivity contribution is 5.75. The van der Waals surface area contributed by atoms with Crippen LogP contribution in [0, 0.1) is 0 Å². The van der Waals surface area contributed by atoms with Gasteiger partial charge in [-0.1, -0.05) is 0 Å². The van der Waals surface area contributed by atoms with Gasteiger partial charge in [0.25, 0.3) is 6.47 Å². The van der Waals surface area contributed by atoms with E-state index in [0.717, 1.165) is 19.3 Å². The number of methoxy groups -OCH3 is 1. The summed E-state index contributed by atoms with van der Waals surface area (Å²) in [7, 11) is 1.37. The predicted octanol–water partition coefficient (Wildman–Crippen LogP) is -0.157. The van der Waals surface area contributed by atoms with Crippen LogP contribution in [0.4, 0.5) is 0 Å². The summed E-state index contributed by atoms with van der Waals surface area (Å²) in [6.45, 7) is 0.737. The Hall–Kier alpha value is -1.10. The van der Waals surface area contributed by atoms with Crippen molar-refractivity contribution in [3.8, 4) is 0 Å². The van der Waals surface area contributed by atoms with Crippen LogP contribution in [0.25, 0.3) is 0 Å². The molecule has 1 aliphatic rings. The summed E-state index contributed by atoms with van der Waals surface area (Å²) in [4.78, 5) is 21.2. The van der Waals surface area contributed by atoms with Gasteiger partial charge in [0.2, 0.25) is 0 Å². The Morgan fingerprint density at radius 1 is 1.57 bits per heavy atom. The van der Waals surface area contributed by atoms with Crippen molar-refractivity contribution >= 4 is 12.4 Å². The summed E-state index contributed by atoms with van der Waals surface area (Å²) in [5.74, 6) is -0.249. The number of carbonyl (C=O) groups excluding carboxylic acids is 2. The van der Waals surface area contributed by atoms with E-state index in [4.69, 9.17) is 0 Å². The minimum atomic E-state index is -0.256. The Balaban J connectivity index is 2.35. The molecular formula is C9H15NO4. The Labute approximate surface area is 82.8 Å². The zero-order valence-corrected chi connectivity index (χ0v) is 8.19. The van der Waals surface area contributed by atoms with Crippen LogP contribution in [-0.2, 0) is 19.1 Å². The molecule has 0 radical (unpaired) electrons. The van der Waals surface area contributed by atoms with Gasteiger partial charge in [0.15, 0.2) is 0 Å². The van der Waals surface area contributed by atoms with Crippen LogP contribution in [0.1, 0.15) is 19.3 Å². The van der Waals surface area contributed by atoms with Crippen molar-refractivity contribution in [2.75, 3.05) is 13.7 Å². The second-order valence-electron chi connectivity index (χ2n) is 3.30. The Bertz CT molecular complexity index is 207. The Morgan fingerprint density at radius 3 is 3.00 bits per heavy atom. The number of ether oxygens (including phenoxy) is 2. The van der Waals surface area contributed by atoms with Gasteiger partial charge in [-0.25, -0.2) is 0 Å². The number of nitrogens with one attached hydrogen (secondary N) is 1. The smallest absolute Gasteiger partial charge is 0.322 e. The molecule has 2 atom stereocenters. The van der Waals surface area contributed by atoms with E-state index in [1.54, 1.807) is 0 Å². The topological polar surface area (TPSA) is 64.6 Å². The first-order valence-corrected chi connectivity index (χ1v) is 4.67. The monoisotopic (exact) mass is 201 g/mol. The van der Waals surface area contributed by atoms with Gasteiger partial charge >= 0.3 is 5.97 Å². The summed E-state index contributed by atoms with van der Waals surface area (Å²) in [5, 5.41) is 3.08. The molecule has 1 fully saturated rings. The van der Waals surface area contributed by atoms with Gasteiger partial charge in [-0.15, -0.1) is 0 Å². The molecule has 0 unspecified atom stereocenters. The summed E-state index contributed by atoms with van der Waals surface area (Å²) in [6.07, 6.45) is 2.64. The summed E-state index contributed by atoms with van der Waals surface area (Å²) in [6, 6.07) is -0.188. The molecule has 1 N–H and O–H groups in total. The zero-order chi connectivity index (χ0) is 10.4. The first-order valence-electron chi connectivity index (χ1n) is 4.67. The minimum Gasteiger partial charge on any atom is -0.468 e. The van der Waals surface area contributed by atoms with Gasteiger partial charge in [0.1, 0.15) is 12.6 Å². The molecule has 1 rings (SSSR count). The summed E-state index contributed by atoms with van der Waals surface area (Å²) < 4.78 is 9.27. The number of hydrogen-bond acceptors (Lipinski definition) is 5. The number of carbonyl (C=O) groups is 2. The molecule has 5 heteroatoms. The average Bonchev–Trinajstić information content (AvgIpc) is 2.25. The molecule has 80 valence electrons. The SMILES string of the molecule is COC(=O)[C@@H]1CCC[C@H](COC=O)N1. The van der Waals surface area contributed by atoms with Crippen LogP contribution in [0.5, 0.6) is 0 Å². The van der Waals surface area contributed by atoms with Crippen molar-refractivity contribution < 1.29 is 19.1 Å². The van der Waals surface area contributed by atoms with Crippen LogP contribution >= 0.6 is 0 Å². The van der Waals surface area contributed by atoms with Crippen molar-refractivity contribution in [2.24, 2.45) is 0 Å². The quantitative estimate of drug-likeness (QED) is 0.506. The van der Waals surface area contributed by atoms with E-state index in [9.17, 15) is 9.59 Å². The molecular weight excluding hydrogens is 186 g/mol. The van der Waals surface area contributed by atoms with Gasteiger partial charge in [-0.2, -0.15) is 0 Å². The second-order valence-corrected chi connectivity index (χ2v) is 3.30. The fraction of sp³-hybridized carbons (Fsp3) is 0.778. The van der Waals surface area contributed by atoms with Gasteiger partial charge in [-0.05, 0) is 19.3 Å². The molecule has 0 aliphatic carbocycles. The summed E-state index contributed by atoms with van der Waals surface area (Å²) in [5.41, 5.74) is 0. The van der Waals surface area contributed by atoms with Crippen molar-refractivity contribution in [2.45, 2.75) is 31.3 Å².